The molecule has 1 saturated heterocycles. The van der Waals surface area contributed by atoms with Crippen LogP contribution < -0.4 is 0 Å². The summed E-state index contributed by atoms with van der Waals surface area (Å²) in [4.78, 5) is 11.7. The molecule has 0 spiro atoms. The summed E-state index contributed by atoms with van der Waals surface area (Å²) in [5.41, 5.74) is -0.782. The molecule has 7 nitrogen and oxygen atoms in total. The van der Waals surface area contributed by atoms with Crippen molar-refractivity contribution < 1.29 is 18.3 Å². The van der Waals surface area contributed by atoms with Crippen LogP contribution in [0.15, 0.2) is 17.3 Å². The van der Waals surface area contributed by atoms with Gasteiger partial charge in [0.05, 0.1) is 11.6 Å². The summed E-state index contributed by atoms with van der Waals surface area (Å²) in [5.74, 6) is -0.817. The molecule has 118 valence electrons. The third-order valence-corrected chi connectivity index (χ3v) is 6.03. The first-order valence-corrected chi connectivity index (χ1v) is 8.48. The molecule has 1 aliphatic rings. The maximum Gasteiger partial charge on any atom is 0.309 e. The molecule has 2 heterocycles. The van der Waals surface area contributed by atoms with Crippen LogP contribution in [-0.4, -0.2) is 46.7 Å². The van der Waals surface area contributed by atoms with Gasteiger partial charge >= 0.3 is 5.97 Å². The highest BCUT2D eigenvalue weighted by Crippen LogP contribution is 2.37. The van der Waals surface area contributed by atoms with Gasteiger partial charge in [-0.2, -0.15) is 9.40 Å². The third kappa shape index (κ3) is 2.96. The van der Waals surface area contributed by atoms with Crippen molar-refractivity contribution in [1.82, 2.24) is 14.1 Å². The maximum absolute atomic E-state index is 12.5. The Kier molecular flexibility index (Phi) is 4.38. The van der Waals surface area contributed by atoms with Crippen LogP contribution in [0, 0.1) is 5.41 Å². The van der Waals surface area contributed by atoms with Gasteiger partial charge in [0.1, 0.15) is 4.90 Å². The van der Waals surface area contributed by atoms with Gasteiger partial charge in [0.25, 0.3) is 0 Å². The lowest BCUT2D eigenvalue weighted by Crippen LogP contribution is -2.46. The van der Waals surface area contributed by atoms with E-state index in [0.29, 0.717) is 19.3 Å². The van der Waals surface area contributed by atoms with Crippen LogP contribution in [-0.2, 0) is 21.9 Å². The maximum atomic E-state index is 12.5. The molecule has 21 heavy (non-hydrogen) atoms. The van der Waals surface area contributed by atoms with Gasteiger partial charge in [-0.15, -0.1) is 0 Å². The topological polar surface area (TPSA) is 92.5 Å². The fourth-order valence-corrected chi connectivity index (χ4v) is 4.31. The molecule has 0 unspecified atom stereocenters. The zero-order chi connectivity index (χ0) is 15.7. The van der Waals surface area contributed by atoms with E-state index in [1.807, 2.05) is 6.92 Å². The number of aliphatic carboxylic acids is 1. The largest absolute Gasteiger partial charge is 0.481 e. The van der Waals surface area contributed by atoms with Gasteiger partial charge in [-0.1, -0.05) is 13.3 Å². The Morgan fingerprint density at radius 1 is 1.43 bits per heavy atom. The Bertz CT molecular complexity index is 615. The highest BCUT2D eigenvalue weighted by atomic mass is 32.2. The molecule has 0 radical (unpaired) electrons. The van der Waals surface area contributed by atoms with Crippen molar-refractivity contribution >= 4 is 16.0 Å². The smallest absolute Gasteiger partial charge is 0.309 e. The number of rotatable bonds is 5. The number of nitrogens with zero attached hydrogens (tertiary/aromatic N) is 3. The van der Waals surface area contributed by atoms with Crippen molar-refractivity contribution in [3.63, 3.8) is 0 Å². The van der Waals surface area contributed by atoms with Gasteiger partial charge in [-0.3, -0.25) is 9.48 Å². The van der Waals surface area contributed by atoms with E-state index in [0.717, 1.165) is 6.42 Å². The number of sulfonamides is 1. The predicted molar refractivity (Wildman–Crippen MR) is 76.2 cm³/mol. The van der Waals surface area contributed by atoms with E-state index in [-0.39, 0.29) is 18.0 Å². The van der Waals surface area contributed by atoms with E-state index in [4.69, 9.17) is 0 Å². The van der Waals surface area contributed by atoms with E-state index >= 15 is 0 Å². The summed E-state index contributed by atoms with van der Waals surface area (Å²) in [7, 11) is -1.92. The second kappa shape index (κ2) is 5.76. The van der Waals surface area contributed by atoms with Gasteiger partial charge in [0.2, 0.25) is 10.0 Å². The van der Waals surface area contributed by atoms with Crippen LogP contribution in [0.4, 0.5) is 0 Å². The molecule has 0 amide bonds. The van der Waals surface area contributed by atoms with Crippen molar-refractivity contribution in [3.05, 3.63) is 12.4 Å². The third-order valence-electron chi connectivity index (χ3n) is 4.18. The minimum absolute atomic E-state index is 0.156. The van der Waals surface area contributed by atoms with Gasteiger partial charge in [-0.05, 0) is 19.3 Å². The first-order chi connectivity index (χ1) is 9.82. The Hall–Kier alpha value is -1.41. The van der Waals surface area contributed by atoms with Crippen LogP contribution in [0.3, 0.4) is 0 Å². The molecule has 1 fully saturated rings. The number of hydrogen-bond acceptors (Lipinski definition) is 4. The quantitative estimate of drug-likeness (QED) is 0.877. The summed E-state index contributed by atoms with van der Waals surface area (Å²) in [6.45, 7) is 2.43. The fraction of sp³-hybridized carbons (Fsp3) is 0.692. The average molecular weight is 315 g/mol. The van der Waals surface area contributed by atoms with Crippen LogP contribution >= 0.6 is 0 Å². The standard InChI is InChI=1S/C13H21N3O4S/c1-3-4-13(12(17)18)5-7-16(8-6-13)21(19,20)11-9-14-15(2)10-11/h9-10H,3-8H2,1-2H3,(H,17,18). The first kappa shape index (κ1) is 16.0. The van der Waals surface area contributed by atoms with Gasteiger partial charge in [0, 0.05) is 26.3 Å². The van der Waals surface area contributed by atoms with Crippen LogP contribution in [0.5, 0.6) is 0 Å². The molecule has 2 rings (SSSR count). The zero-order valence-electron chi connectivity index (χ0n) is 12.3. The van der Waals surface area contributed by atoms with Crippen LogP contribution in [0.2, 0.25) is 0 Å². The van der Waals surface area contributed by atoms with Gasteiger partial charge in [-0.25, -0.2) is 8.42 Å². The number of piperidine rings is 1. The number of aromatic nitrogens is 2. The van der Waals surface area contributed by atoms with E-state index in [1.165, 1.54) is 21.4 Å². The SMILES string of the molecule is CCCC1(C(=O)O)CCN(S(=O)(=O)c2cnn(C)c2)CC1. The summed E-state index contributed by atoms with van der Waals surface area (Å²) < 4.78 is 27.7. The molecule has 1 N–H and O–H groups in total. The molecule has 8 heteroatoms. The zero-order valence-corrected chi connectivity index (χ0v) is 13.1. The van der Waals surface area contributed by atoms with Crippen molar-refractivity contribution in [2.75, 3.05) is 13.1 Å². The number of aryl methyl sites for hydroxylation is 1. The molecule has 0 aliphatic carbocycles. The predicted octanol–water partition coefficient (Wildman–Crippen LogP) is 1.08. The van der Waals surface area contributed by atoms with Crippen molar-refractivity contribution in [2.45, 2.75) is 37.5 Å². The number of carbonyl (C=O) groups is 1. The molecular weight excluding hydrogens is 294 g/mol. The van der Waals surface area contributed by atoms with E-state index in [1.54, 1.807) is 7.05 Å². The fourth-order valence-electron chi connectivity index (χ4n) is 2.89. The molecule has 1 aliphatic heterocycles. The van der Waals surface area contributed by atoms with Crippen molar-refractivity contribution in [3.8, 4) is 0 Å². The number of carboxylic acids is 1. The second-order valence-electron chi connectivity index (χ2n) is 5.59. The lowest BCUT2D eigenvalue weighted by Gasteiger charge is -2.37. The van der Waals surface area contributed by atoms with Crippen LogP contribution in [0.25, 0.3) is 0 Å². The van der Waals surface area contributed by atoms with Crippen molar-refractivity contribution in [1.29, 1.82) is 0 Å². The minimum atomic E-state index is -3.57. The molecule has 0 saturated carbocycles. The summed E-state index contributed by atoms with van der Waals surface area (Å²) in [6.07, 6.45) is 4.86. The summed E-state index contributed by atoms with van der Waals surface area (Å²) >= 11 is 0. The van der Waals surface area contributed by atoms with Gasteiger partial charge < -0.3 is 5.11 Å². The molecule has 0 aromatic carbocycles. The first-order valence-electron chi connectivity index (χ1n) is 7.04. The van der Waals surface area contributed by atoms with Crippen molar-refractivity contribution in [2.24, 2.45) is 12.5 Å². The highest BCUT2D eigenvalue weighted by molar-refractivity contribution is 7.89. The Morgan fingerprint density at radius 3 is 2.48 bits per heavy atom. The molecule has 0 atom stereocenters. The molecule has 0 bridgehead atoms. The minimum Gasteiger partial charge on any atom is -0.481 e. The molecule has 1 aromatic heterocycles. The van der Waals surface area contributed by atoms with Crippen LogP contribution in [0.1, 0.15) is 32.6 Å². The number of carboxylic acid groups (broad SMARTS) is 1. The Labute approximate surface area is 124 Å². The second-order valence-corrected chi connectivity index (χ2v) is 7.53. The summed E-state index contributed by atoms with van der Waals surface area (Å²) in [6, 6.07) is 0. The Balaban J connectivity index is 2.15. The van der Waals surface area contributed by atoms with E-state index in [9.17, 15) is 18.3 Å². The summed E-state index contributed by atoms with van der Waals surface area (Å²) in [5, 5.41) is 13.3. The van der Waals surface area contributed by atoms with Gasteiger partial charge in [0.15, 0.2) is 0 Å². The molecular formula is C13H21N3O4S. The monoisotopic (exact) mass is 315 g/mol. The van der Waals surface area contributed by atoms with E-state index in [2.05, 4.69) is 5.10 Å². The Morgan fingerprint density at radius 2 is 2.05 bits per heavy atom. The normalized spacial score (nSPS) is 19.5. The lowest BCUT2D eigenvalue weighted by molar-refractivity contribution is -0.152. The number of hydrogen-bond donors (Lipinski definition) is 1. The molecule has 1 aromatic rings. The lowest BCUT2D eigenvalue weighted by atomic mass is 9.75. The average Bonchev–Trinajstić information content (AvgIpc) is 2.87. The highest BCUT2D eigenvalue weighted by Gasteiger charge is 2.43. The van der Waals surface area contributed by atoms with E-state index < -0.39 is 21.4 Å².